The van der Waals surface area contributed by atoms with Crippen LogP contribution in [0.3, 0.4) is 0 Å². The van der Waals surface area contributed by atoms with Crippen molar-refractivity contribution < 1.29 is 14.7 Å². The lowest BCUT2D eigenvalue weighted by Gasteiger charge is -2.26. The van der Waals surface area contributed by atoms with E-state index in [1.54, 1.807) is 16.2 Å². The van der Waals surface area contributed by atoms with Crippen LogP contribution in [-0.2, 0) is 6.54 Å². The van der Waals surface area contributed by atoms with Crippen molar-refractivity contribution in [1.29, 1.82) is 0 Å². The summed E-state index contributed by atoms with van der Waals surface area (Å²) in [6, 6.07) is 6.73. The molecular weight excluding hydrogens is 288 g/mol. The van der Waals surface area contributed by atoms with Crippen molar-refractivity contribution in [2.45, 2.75) is 26.4 Å². The number of thiophene rings is 1. The fraction of sp³-hybridized carbons (Fsp3) is 0.267. The van der Waals surface area contributed by atoms with Crippen molar-refractivity contribution in [3.8, 4) is 0 Å². The van der Waals surface area contributed by atoms with E-state index in [4.69, 9.17) is 0 Å². The fourth-order valence-corrected chi connectivity index (χ4v) is 2.65. The zero-order valence-electron chi connectivity index (χ0n) is 11.8. The van der Waals surface area contributed by atoms with Crippen molar-refractivity contribution in [2.75, 3.05) is 0 Å². The van der Waals surface area contributed by atoms with Crippen molar-refractivity contribution in [3.05, 3.63) is 52.0 Å². The minimum absolute atomic E-state index is 0.0183. The maximum Gasteiger partial charge on any atom is 0.338 e. The molecule has 2 aromatic heterocycles. The van der Waals surface area contributed by atoms with E-state index in [-0.39, 0.29) is 23.2 Å². The molecule has 6 heteroatoms. The fourth-order valence-electron chi connectivity index (χ4n) is 1.94. The number of carbonyl (C=O) groups excluding carboxylic acids is 1. The van der Waals surface area contributed by atoms with Crippen LogP contribution in [0.2, 0.25) is 0 Å². The first-order valence-corrected chi connectivity index (χ1v) is 7.40. The maximum absolute atomic E-state index is 12.6. The zero-order valence-corrected chi connectivity index (χ0v) is 12.6. The van der Waals surface area contributed by atoms with E-state index in [9.17, 15) is 14.7 Å². The molecule has 1 amide bonds. The summed E-state index contributed by atoms with van der Waals surface area (Å²) in [6.07, 6.45) is 1.43. The SMILES string of the molecule is CC(C)N(Cc1cccs1)C(=O)c1ncccc1C(=O)O. The molecule has 0 aliphatic heterocycles. The first-order chi connectivity index (χ1) is 10.0. The Morgan fingerprint density at radius 3 is 2.67 bits per heavy atom. The first-order valence-electron chi connectivity index (χ1n) is 6.52. The molecule has 0 radical (unpaired) electrons. The van der Waals surface area contributed by atoms with Crippen LogP contribution < -0.4 is 0 Å². The van der Waals surface area contributed by atoms with E-state index in [0.717, 1.165) is 4.88 Å². The molecule has 0 unspecified atom stereocenters. The lowest BCUT2D eigenvalue weighted by atomic mass is 10.1. The van der Waals surface area contributed by atoms with Gasteiger partial charge in [0.2, 0.25) is 0 Å². The van der Waals surface area contributed by atoms with Gasteiger partial charge in [-0.2, -0.15) is 0 Å². The molecule has 21 heavy (non-hydrogen) atoms. The average Bonchev–Trinajstić information content (AvgIpc) is 2.96. The molecular formula is C15H16N2O3S. The third kappa shape index (κ3) is 3.46. The lowest BCUT2D eigenvalue weighted by Crippen LogP contribution is -2.37. The summed E-state index contributed by atoms with van der Waals surface area (Å²) in [5.74, 6) is -1.51. The maximum atomic E-state index is 12.6. The Morgan fingerprint density at radius 1 is 1.33 bits per heavy atom. The molecule has 0 aliphatic carbocycles. The molecule has 0 saturated heterocycles. The Labute approximate surface area is 126 Å². The highest BCUT2D eigenvalue weighted by Gasteiger charge is 2.25. The molecule has 0 fully saturated rings. The monoisotopic (exact) mass is 304 g/mol. The summed E-state index contributed by atoms with van der Waals surface area (Å²) in [7, 11) is 0. The van der Waals surface area contributed by atoms with Gasteiger partial charge in [-0.05, 0) is 37.4 Å². The van der Waals surface area contributed by atoms with Gasteiger partial charge >= 0.3 is 5.97 Å². The van der Waals surface area contributed by atoms with Crippen LogP contribution in [0.4, 0.5) is 0 Å². The molecule has 1 N–H and O–H groups in total. The highest BCUT2D eigenvalue weighted by molar-refractivity contribution is 7.09. The van der Waals surface area contributed by atoms with Gasteiger partial charge in [0.1, 0.15) is 5.69 Å². The highest BCUT2D eigenvalue weighted by atomic mass is 32.1. The van der Waals surface area contributed by atoms with Gasteiger partial charge in [0.05, 0.1) is 12.1 Å². The van der Waals surface area contributed by atoms with Gasteiger partial charge < -0.3 is 10.0 Å². The molecule has 0 aliphatic rings. The molecule has 0 atom stereocenters. The minimum Gasteiger partial charge on any atom is -0.478 e. The van der Waals surface area contributed by atoms with Gasteiger partial charge in [-0.25, -0.2) is 4.79 Å². The third-order valence-corrected chi connectivity index (χ3v) is 3.89. The van der Waals surface area contributed by atoms with Crippen LogP contribution in [0.1, 0.15) is 39.6 Å². The van der Waals surface area contributed by atoms with E-state index in [2.05, 4.69) is 4.98 Å². The number of hydrogen-bond donors (Lipinski definition) is 1. The van der Waals surface area contributed by atoms with E-state index < -0.39 is 5.97 Å². The highest BCUT2D eigenvalue weighted by Crippen LogP contribution is 2.17. The largest absolute Gasteiger partial charge is 0.478 e. The zero-order chi connectivity index (χ0) is 15.4. The standard InChI is InChI=1S/C15H16N2O3S/c1-10(2)17(9-11-5-4-8-21-11)14(18)13-12(15(19)20)6-3-7-16-13/h3-8,10H,9H2,1-2H3,(H,19,20). The Balaban J connectivity index is 2.33. The topological polar surface area (TPSA) is 70.5 Å². The van der Waals surface area contributed by atoms with Crippen molar-refractivity contribution in [2.24, 2.45) is 0 Å². The predicted molar refractivity (Wildman–Crippen MR) is 80.5 cm³/mol. The van der Waals surface area contributed by atoms with E-state index in [0.29, 0.717) is 6.54 Å². The third-order valence-electron chi connectivity index (χ3n) is 3.03. The van der Waals surface area contributed by atoms with Crippen molar-refractivity contribution in [1.82, 2.24) is 9.88 Å². The van der Waals surface area contributed by atoms with Gasteiger partial charge in [0.25, 0.3) is 5.91 Å². The lowest BCUT2D eigenvalue weighted by molar-refractivity contribution is 0.0646. The number of pyridine rings is 1. The second-order valence-corrected chi connectivity index (χ2v) is 5.84. The number of carbonyl (C=O) groups is 2. The Hall–Kier alpha value is -2.21. The van der Waals surface area contributed by atoms with E-state index in [1.807, 2.05) is 31.4 Å². The molecule has 0 spiro atoms. The molecule has 5 nitrogen and oxygen atoms in total. The smallest absolute Gasteiger partial charge is 0.338 e. The van der Waals surface area contributed by atoms with Gasteiger partial charge in [-0.3, -0.25) is 9.78 Å². The number of rotatable bonds is 5. The minimum atomic E-state index is -1.15. The van der Waals surface area contributed by atoms with Gasteiger partial charge in [0, 0.05) is 17.1 Å². The number of aromatic nitrogens is 1. The number of amides is 1. The molecule has 110 valence electrons. The van der Waals surface area contributed by atoms with Gasteiger partial charge in [0.15, 0.2) is 0 Å². The molecule has 2 heterocycles. The average molecular weight is 304 g/mol. The van der Waals surface area contributed by atoms with Crippen LogP contribution in [0.5, 0.6) is 0 Å². The van der Waals surface area contributed by atoms with Gasteiger partial charge in [-0.1, -0.05) is 6.07 Å². The molecule has 0 saturated carbocycles. The Kier molecular flexibility index (Phi) is 4.70. The second-order valence-electron chi connectivity index (χ2n) is 4.81. The predicted octanol–water partition coefficient (Wildman–Crippen LogP) is 2.89. The number of carboxylic acids is 1. The summed E-state index contributed by atoms with van der Waals surface area (Å²) < 4.78 is 0. The van der Waals surface area contributed by atoms with E-state index >= 15 is 0 Å². The number of nitrogens with zero attached hydrogens (tertiary/aromatic N) is 2. The Bertz CT molecular complexity index is 638. The summed E-state index contributed by atoms with van der Waals surface area (Å²) in [5.41, 5.74) is -0.0883. The van der Waals surface area contributed by atoms with Crippen LogP contribution in [0.15, 0.2) is 35.8 Å². The van der Waals surface area contributed by atoms with Crippen LogP contribution in [-0.4, -0.2) is 32.9 Å². The van der Waals surface area contributed by atoms with Crippen LogP contribution in [0.25, 0.3) is 0 Å². The summed E-state index contributed by atoms with van der Waals surface area (Å²) >= 11 is 1.56. The Morgan fingerprint density at radius 2 is 2.10 bits per heavy atom. The van der Waals surface area contributed by atoms with Crippen LogP contribution >= 0.6 is 11.3 Å². The normalized spacial score (nSPS) is 10.6. The van der Waals surface area contributed by atoms with Crippen LogP contribution in [0, 0.1) is 0 Å². The second kappa shape index (κ2) is 6.49. The summed E-state index contributed by atoms with van der Waals surface area (Å²) in [5, 5.41) is 11.1. The van der Waals surface area contributed by atoms with Crippen molar-refractivity contribution >= 4 is 23.2 Å². The summed E-state index contributed by atoms with van der Waals surface area (Å²) in [4.78, 5) is 30.5. The van der Waals surface area contributed by atoms with Crippen molar-refractivity contribution in [3.63, 3.8) is 0 Å². The summed E-state index contributed by atoms with van der Waals surface area (Å²) in [6.45, 7) is 4.24. The number of aromatic carboxylic acids is 1. The molecule has 0 aromatic carbocycles. The molecule has 2 rings (SSSR count). The molecule has 2 aromatic rings. The number of hydrogen-bond acceptors (Lipinski definition) is 4. The molecule has 0 bridgehead atoms. The van der Waals surface area contributed by atoms with E-state index in [1.165, 1.54) is 18.3 Å². The quantitative estimate of drug-likeness (QED) is 0.922. The first kappa shape index (κ1) is 15.2. The number of carboxylic acid groups (broad SMARTS) is 1. The van der Waals surface area contributed by atoms with Gasteiger partial charge in [-0.15, -0.1) is 11.3 Å².